The maximum Gasteiger partial charge on any atom is 0.271 e. The highest BCUT2D eigenvalue weighted by atomic mass is 16.7. The Morgan fingerprint density at radius 3 is 1.09 bits per heavy atom. The molecule has 104 heavy (non-hydrogen) atoms. The number of nitrogens with zero attached hydrogens (tertiary/aromatic N) is 12. The Balaban J connectivity index is 0.000000148. The summed E-state index contributed by atoms with van der Waals surface area (Å²) in [6.45, 7) is 31.4. The van der Waals surface area contributed by atoms with Crippen molar-refractivity contribution in [3.8, 4) is 23.0 Å². The lowest BCUT2D eigenvalue weighted by molar-refractivity contribution is -0.128. The van der Waals surface area contributed by atoms with Gasteiger partial charge in [-0.2, -0.15) is 0 Å². The zero-order valence-corrected chi connectivity index (χ0v) is 62.1. The molecule has 0 radical (unpaired) electrons. The summed E-state index contributed by atoms with van der Waals surface area (Å²) in [5.41, 5.74) is 6.54. The second-order valence-corrected chi connectivity index (χ2v) is 29.4. The van der Waals surface area contributed by atoms with Crippen LogP contribution in [-0.2, 0) is 40.1 Å². The molecule has 14 rings (SSSR count). The van der Waals surface area contributed by atoms with Gasteiger partial charge in [-0.25, -0.2) is 0 Å². The summed E-state index contributed by atoms with van der Waals surface area (Å²) in [6, 6.07) is 45.4. The number of hydrogen-bond donors (Lipinski definition) is 0. The fourth-order valence-corrected chi connectivity index (χ4v) is 15.0. The van der Waals surface area contributed by atoms with Crippen LogP contribution in [0.2, 0.25) is 0 Å². The Labute approximate surface area is 615 Å². The van der Waals surface area contributed by atoms with Gasteiger partial charge in [0, 0.05) is 170 Å². The number of rotatable bonds is 22. The molecule has 9 heterocycles. The van der Waals surface area contributed by atoms with Gasteiger partial charge in [0.05, 0.1) is 48.6 Å². The van der Waals surface area contributed by atoms with Gasteiger partial charge in [0.15, 0.2) is 0 Å². The quantitative estimate of drug-likeness (QED) is 0.0636. The number of piperazine rings is 3. The molecule has 0 saturated carbocycles. The van der Waals surface area contributed by atoms with Crippen LogP contribution >= 0.6 is 0 Å². The number of piperidine rings is 2. The monoisotopic (exact) mass is 1430 g/mol. The van der Waals surface area contributed by atoms with Crippen LogP contribution < -0.4 is 33.6 Å². The Morgan fingerprint density at radius 1 is 0.394 bits per heavy atom. The van der Waals surface area contributed by atoms with Gasteiger partial charge in [-0.05, 0) is 121 Å². The van der Waals surface area contributed by atoms with E-state index in [4.69, 9.17) is 38.2 Å². The van der Waals surface area contributed by atoms with E-state index in [2.05, 4.69) is 159 Å². The number of morpholine rings is 1. The highest BCUT2D eigenvalue weighted by Crippen LogP contribution is 2.34. The largest absolute Gasteiger partial charge is 0.490 e. The fraction of sp³-hybridized carbons (Fsp3) is 0.556. The zero-order valence-electron chi connectivity index (χ0n) is 62.1. The molecule has 0 aliphatic carbocycles. The molecule has 9 aliphatic rings. The molecular weight excluding hydrogens is 1320 g/mol. The number of carbonyl (C=O) groups is 3. The third-order valence-electron chi connectivity index (χ3n) is 20.5. The summed E-state index contributed by atoms with van der Waals surface area (Å²) in [5, 5.41) is 12.5. The van der Waals surface area contributed by atoms with Crippen LogP contribution in [0.25, 0.3) is 0 Å². The number of likely N-dealkylation sites (tertiary alicyclic amines) is 2. The first-order valence-corrected chi connectivity index (χ1v) is 38.3. The summed E-state index contributed by atoms with van der Waals surface area (Å²) in [7, 11) is 0. The van der Waals surface area contributed by atoms with Crippen molar-refractivity contribution in [1.82, 2.24) is 29.4 Å². The van der Waals surface area contributed by atoms with E-state index >= 15 is 0 Å². The molecule has 560 valence electrons. The lowest BCUT2D eigenvalue weighted by atomic mass is 9.90. The lowest BCUT2D eigenvalue weighted by Crippen LogP contribution is -2.49. The lowest BCUT2D eigenvalue weighted by Gasteiger charge is -2.37. The Kier molecular flexibility index (Phi) is 27.0. The van der Waals surface area contributed by atoms with Crippen LogP contribution in [0.1, 0.15) is 92.1 Å². The molecule has 0 N–H and O–H groups in total. The average molecular weight is 1430 g/mol. The number of ether oxygens (including phenoxy) is 5. The Morgan fingerprint density at radius 2 is 0.721 bits per heavy atom. The second kappa shape index (κ2) is 37.4. The van der Waals surface area contributed by atoms with Crippen molar-refractivity contribution in [3.63, 3.8) is 0 Å². The molecule has 0 bridgehead atoms. The van der Waals surface area contributed by atoms with E-state index in [1.54, 1.807) is 0 Å². The highest BCUT2D eigenvalue weighted by molar-refractivity contribution is 6.40. The third-order valence-corrected chi connectivity index (χ3v) is 20.5. The molecule has 6 fully saturated rings. The first-order valence-electron chi connectivity index (χ1n) is 38.3. The molecule has 5 aromatic rings. The number of para-hydroxylation sites is 7. The SMILES string of the molecule is CC(C)Oc1ccccc1N1CCN(CC2CC(C(=O)N3CCC(Cc4ccccc4)CC3)=NO2)CC1.CC(C)Oc1ccccc1N1CCN(CC2CC(C(=O)N3CCC(Oc4ccccc4)CC3)=NO2)CC1.CC(C)Oc1ccccc1N1CCN(CC2CC(C(=O)N3CCOCC3)=NO2)CC1. The zero-order chi connectivity index (χ0) is 72.2. The minimum Gasteiger partial charge on any atom is -0.490 e. The predicted octanol–water partition coefficient (Wildman–Crippen LogP) is 9.63. The summed E-state index contributed by atoms with van der Waals surface area (Å²) < 4.78 is 29.4. The van der Waals surface area contributed by atoms with E-state index < -0.39 is 0 Å². The topological polar surface area (TPSA) is 191 Å². The van der Waals surface area contributed by atoms with E-state index in [9.17, 15) is 14.4 Å². The van der Waals surface area contributed by atoms with Gasteiger partial charge in [0.25, 0.3) is 17.7 Å². The van der Waals surface area contributed by atoms with Gasteiger partial charge >= 0.3 is 0 Å². The van der Waals surface area contributed by atoms with Crippen LogP contribution in [-0.4, -0.2) is 258 Å². The minimum absolute atomic E-state index is 0.00670. The van der Waals surface area contributed by atoms with Crippen LogP contribution in [0.5, 0.6) is 23.0 Å². The number of carbonyl (C=O) groups excluding carboxylic acids is 3. The van der Waals surface area contributed by atoms with Crippen LogP contribution in [0.3, 0.4) is 0 Å². The molecule has 3 unspecified atom stereocenters. The molecule has 9 aliphatic heterocycles. The maximum absolute atomic E-state index is 13.1. The average Bonchev–Trinajstić information content (AvgIpc) is 1.82. The normalized spacial score (nSPS) is 21.6. The molecule has 23 heteroatoms. The van der Waals surface area contributed by atoms with Gasteiger partial charge in [0.2, 0.25) is 0 Å². The van der Waals surface area contributed by atoms with E-state index in [1.165, 1.54) is 5.56 Å². The summed E-state index contributed by atoms with van der Waals surface area (Å²) in [5.74, 6) is 4.43. The molecule has 0 aromatic heterocycles. The van der Waals surface area contributed by atoms with Crippen LogP contribution in [0.4, 0.5) is 17.1 Å². The highest BCUT2D eigenvalue weighted by Gasteiger charge is 2.37. The summed E-state index contributed by atoms with van der Waals surface area (Å²) in [4.78, 5) is 75.8. The smallest absolute Gasteiger partial charge is 0.271 e. The summed E-state index contributed by atoms with van der Waals surface area (Å²) in [6.07, 6.45) is 7.05. The van der Waals surface area contributed by atoms with E-state index in [-0.39, 0.29) is 60.4 Å². The molecular formula is C81H110N12O11. The number of oxime groups is 3. The van der Waals surface area contributed by atoms with Crippen molar-refractivity contribution >= 4 is 51.9 Å². The van der Waals surface area contributed by atoms with Crippen molar-refractivity contribution in [2.24, 2.45) is 21.4 Å². The third kappa shape index (κ3) is 21.3. The van der Waals surface area contributed by atoms with Gasteiger partial charge in [-0.1, -0.05) is 100 Å². The predicted molar refractivity (Wildman–Crippen MR) is 407 cm³/mol. The molecule has 6 saturated heterocycles. The minimum atomic E-state index is -0.0685. The van der Waals surface area contributed by atoms with Gasteiger partial charge in [-0.3, -0.25) is 29.1 Å². The number of benzene rings is 5. The first kappa shape index (κ1) is 75.1. The fourth-order valence-electron chi connectivity index (χ4n) is 15.0. The van der Waals surface area contributed by atoms with Crippen LogP contribution in [0, 0.1) is 5.92 Å². The standard InChI is InChI=1S/C30H40N4O3.C29H38N4O4.C22H32N4O4/c1-23(2)36-29-11-7-6-10-28(29)33-18-16-32(17-19-33)22-26-21-27(31-37-26)30(35)34-14-12-25(13-15-34)20-24-8-4-3-5-9-24;1-22(2)35-28-11-7-6-10-27(28)32-18-16-31(17-19-32)21-25-20-26(30-37-25)29(34)33-14-12-24(13-15-33)36-23-8-4-3-5-9-23;1-17(2)29-21-6-4-3-5-20(21)25-9-7-24(8-10-25)16-18-15-19(23-30-18)22(27)26-11-13-28-14-12-26/h3-11,23,25-26H,12-22H2,1-2H3;3-11,22,24-25H,12-21H2,1-2H3;3-6,17-18H,7-16H2,1-2H3. The molecule has 3 atom stereocenters. The number of anilines is 3. The molecule has 5 aromatic carbocycles. The summed E-state index contributed by atoms with van der Waals surface area (Å²) >= 11 is 0. The van der Waals surface area contributed by atoms with Gasteiger partial charge in [0.1, 0.15) is 64.5 Å². The van der Waals surface area contributed by atoms with Crippen molar-refractivity contribution in [3.05, 3.63) is 139 Å². The second-order valence-electron chi connectivity index (χ2n) is 29.4. The van der Waals surface area contributed by atoms with E-state index in [1.807, 2.05) is 75.4 Å². The van der Waals surface area contributed by atoms with Crippen molar-refractivity contribution in [2.75, 3.05) is 165 Å². The van der Waals surface area contributed by atoms with Crippen molar-refractivity contribution < 1.29 is 52.6 Å². The van der Waals surface area contributed by atoms with Crippen molar-refractivity contribution in [2.45, 2.75) is 136 Å². The van der Waals surface area contributed by atoms with Gasteiger partial charge < -0.3 is 67.6 Å². The van der Waals surface area contributed by atoms with E-state index in [0.29, 0.717) is 81.7 Å². The Hall–Kier alpha value is -8.64. The number of amides is 3. The Bertz CT molecular complexity index is 3440. The number of hydrogen-bond acceptors (Lipinski definition) is 20. The first-order chi connectivity index (χ1) is 50.7. The van der Waals surface area contributed by atoms with Gasteiger partial charge in [-0.15, -0.1) is 0 Å². The molecule has 0 spiro atoms. The van der Waals surface area contributed by atoms with Crippen LogP contribution in [0.15, 0.2) is 149 Å². The molecule has 23 nitrogen and oxygen atoms in total. The maximum atomic E-state index is 13.1. The van der Waals surface area contributed by atoms with E-state index in [0.717, 1.165) is 183 Å². The van der Waals surface area contributed by atoms with Crippen molar-refractivity contribution in [1.29, 1.82) is 0 Å². The molecule has 3 amide bonds.